The summed E-state index contributed by atoms with van der Waals surface area (Å²) in [7, 11) is 0. The second kappa shape index (κ2) is 7.60. The molecule has 1 fully saturated rings. The van der Waals surface area contributed by atoms with Crippen molar-refractivity contribution in [1.82, 2.24) is 10.2 Å². The van der Waals surface area contributed by atoms with Crippen LogP contribution in [-0.2, 0) is 4.79 Å². The molecule has 1 aliphatic rings. The Bertz CT molecular complexity index is 620. The molecule has 2 aromatic carbocycles. The molecule has 24 heavy (non-hydrogen) atoms. The molecule has 1 saturated heterocycles. The van der Waals surface area contributed by atoms with Crippen molar-refractivity contribution in [2.75, 3.05) is 13.1 Å². The van der Waals surface area contributed by atoms with Gasteiger partial charge in [-0.1, -0.05) is 60.7 Å². The standard InChI is InChI=1S/C20H24N2O2/c1-15-20(24)21-12-13-22(15)19(23)14-18(16-8-4-2-5-9-16)17-10-6-3-7-11-17/h2-11,15,18,20-21,24H,12-14H2,1H3. The van der Waals surface area contributed by atoms with Gasteiger partial charge in [0.05, 0.1) is 6.04 Å². The summed E-state index contributed by atoms with van der Waals surface area (Å²) in [6, 6.07) is 20.1. The molecule has 3 rings (SSSR count). The third-order valence-corrected chi connectivity index (χ3v) is 4.76. The second-order valence-electron chi connectivity index (χ2n) is 6.30. The summed E-state index contributed by atoms with van der Waals surface area (Å²) in [4.78, 5) is 14.7. The average Bonchev–Trinajstić information content (AvgIpc) is 2.63. The maximum atomic E-state index is 12.9. The number of aliphatic hydroxyl groups is 1. The first-order chi connectivity index (χ1) is 11.7. The van der Waals surface area contributed by atoms with Gasteiger partial charge in [0.25, 0.3) is 0 Å². The summed E-state index contributed by atoms with van der Waals surface area (Å²) in [5, 5.41) is 13.0. The molecule has 2 N–H and O–H groups in total. The minimum atomic E-state index is -0.658. The molecule has 2 atom stereocenters. The Morgan fingerprint density at radius 2 is 1.67 bits per heavy atom. The lowest BCUT2D eigenvalue weighted by Crippen LogP contribution is -2.58. The largest absolute Gasteiger partial charge is 0.376 e. The van der Waals surface area contributed by atoms with Gasteiger partial charge in [-0.25, -0.2) is 0 Å². The Morgan fingerprint density at radius 3 is 2.21 bits per heavy atom. The molecule has 1 aliphatic heterocycles. The van der Waals surface area contributed by atoms with Crippen LogP contribution in [0.3, 0.4) is 0 Å². The van der Waals surface area contributed by atoms with E-state index < -0.39 is 6.23 Å². The van der Waals surface area contributed by atoms with E-state index in [2.05, 4.69) is 29.6 Å². The van der Waals surface area contributed by atoms with Gasteiger partial charge in [-0.2, -0.15) is 0 Å². The van der Waals surface area contributed by atoms with Gasteiger partial charge in [0, 0.05) is 25.4 Å². The molecule has 126 valence electrons. The highest BCUT2D eigenvalue weighted by Crippen LogP contribution is 2.29. The van der Waals surface area contributed by atoms with Crippen molar-refractivity contribution in [2.45, 2.75) is 31.5 Å². The molecule has 0 aliphatic carbocycles. The molecule has 0 bridgehead atoms. The van der Waals surface area contributed by atoms with Crippen LogP contribution in [-0.4, -0.2) is 41.3 Å². The minimum absolute atomic E-state index is 0.0270. The quantitative estimate of drug-likeness (QED) is 0.908. The molecule has 0 spiro atoms. The molecular formula is C20H24N2O2. The molecule has 2 aromatic rings. The number of piperazine rings is 1. The highest BCUT2D eigenvalue weighted by molar-refractivity contribution is 5.78. The van der Waals surface area contributed by atoms with Gasteiger partial charge >= 0.3 is 0 Å². The number of hydrogen-bond acceptors (Lipinski definition) is 3. The van der Waals surface area contributed by atoms with Crippen LogP contribution in [0.2, 0.25) is 0 Å². The smallest absolute Gasteiger partial charge is 0.223 e. The summed E-state index contributed by atoms with van der Waals surface area (Å²) < 4.78 is 0. The van der Waals surface area contributed by atoms with Gasteiger partial charge in [0.1, 0.15) is 6.23 Å². The summed E-state index contributed by atoms with van der Waals surface area (Å²) in [5.41, 5.74) is 2.28. The fourth-order valence-electron chi connectivity index (χ4n) is 3.32. The van der Waals surface area contributed by atoms with E-state index in [1.165, 1.54) is 0 Å². The molecule has 1 heterocycles. The van der Waals surface area contributed by atoms with Crippen LogP contribution in [0.4, 0.5) is 0 Å². The van der Waals surface area contributed by atoms with Crippen molar-refractivity contribution in [2.24, 2.45) is 0 Å². The number of hydrogen-bond donors (Lipinski definition) is 2. The molecule has 1 amide bonds. The summed E-state index contributed by atoms with van der Waals surface area (Å²) >= 11 is 0. The zero-order valence-corrected chi connectivity index (χ0v) is 13.9. The van der Waals surface area contributed by atoms with Gasteiger partial charge in [-0.15, -0.1) is 0 Å². The maximum absolute atomic E-state index is 12.9. The zero-order chi connectivity index (χ0) is 16.9. The zero-order valence-electron chi connectivity index (χ0n) is 13.9. The number of rotatable bonds is 4. The molecule has 0 radical (unpaired) electrons. The van der Waals surface area contributed by atoms with Crippen LogP contribution in [0.15, 0.2) is 60.7 Å². The summed E-state index contributed by atoms with van der Waals surface area (Å²) in [6.45, 7) is 3.14. The Balaban J connectivity index is 1.83. The molecule has 4 nitrogen and oxygen atoms in total. The van der Waals surface area contributed by atoms with E-state index in [-0.39, 0.29) is 17.9 Å². The summed E-state index contributed by atoms with van der Waals surface area (Å²) in [5.74, 6) is 0.111. The number of nitrogens with one attached hydrogen (secondary N) is 1. The van der Waals surface area contributed by atoms with Gasteiger partial charge in [-0.3, -0.25) is 10.1 Å². The Labute approximate surface area is 143 Å². The predicted octanol–water partition coefficient (Wildman–Crippen LogP) is 2.35. The van der Waals surface area contributed by atoms with Gasteiger partial charge in [0.15, 0.2) is 0 Å². The number of carbonyl (C=O) groups is 1. The van der Waals surface area contributed by atoms with Gasteiger partial charge in [0.2, 0.25) is 5.91 Å². The monoisotopic (exact) mass is 324 g/mol. The Hall–Kier alpha value is -2.17. The van der Waals surface area contributed by atoms with Crippen LogP contribution < -0.4 is 5.32 Å². The van der Waals surface area contributed by atoms with E-state index in [4.69, 9.17) is 0 Å². The molecule has 2 unspecified atom stereocenters. The van der Waals surface area contributed by atoms with E-state index in [1.807, 2.05) is 43.3 Å². The van der Waals surface area contributed by atoms with Crippen LogP contribution in [0.5, 0.6) is 0 Å². The third kappa shape index (κ3) is 3.66. The topological polar surface area (TPSA) is 52.6 Å². The normalized spacial score (nSPS) is 21.0. The second-order valence-corrected chi connectivity index (χ2v) is 6.30. The average molecular weight is 324 g/mol. The fraction of sp³-hybridized carbons (Fsp3) is 0.350. The van der Waals surface area contributed by atoms with E-state index in [0.717, 1.165) is 11.1 Å². The Kier molecular flexibility index (Phi) is 5.28. The maximum Gasteiger partial charge on any atom is 0.223 e. The minimum Gasteiger partial charge on any atom is -0.376 e. The molecule has 0 aromatic heterocycles. The first-order valence-corrected chi connectivity index (χ1v) is 8.47. The van der Waals surface area contributed by atoms with Gasteiger partial charge in [-0.05, 0) is 18.1 Å². The van der Waals surface area contributed by atoms with Crippen LogP contribution >= 0.6 is 0 Å². The highest BCUT2D eigenvalue weighted by atomic mass is 16.3. The number of amides is 1. The van der Waals surface area contributed by atoms with E-state index >= 15 is 0 Å². The Morgan fingerprint density at radius 1 is 1.12 bits per heavy atom. The molecule has 4 heteroatoms. The van der Waals surface area contributed by atoms with Gasteiger partial charge < -0.3 is 10.0 Å². The predicted molar refractivity (Wildman–Crippen MR) is 94.5 cm³/mol. The van der Waals surface area contributed by atoms with E-state index in [0.29, 0.717) is 19.5 Å². The fourth-order valence-corrected chi connectivity index (χ4v) is 3.32. The van der Waals surface area contributed by atoms with E-state index in [9.17, 15) is 9.90 Å². The number of carbonyl (C=O) groups excluding carboxylic acids is 1. The first kappa shape index (κ1) is 16.7. The number of aliphatic hydroxyl groups excluding tert-OH is 1. The van der Waals surface area contributed by atoms with Crippen molar-refractivity contribution in [3.05, 3.63) is 71.8 Å². The number of nitrogens with zero attached hydrogens (tertiary/aromatic N) is 1. The van der Waals surface area contributed by atoms with Crippen LogP contribution in [0.25, 0.3) is 0 Å². The lowest BCUT2D eigenvalue weighted by atomic mass is 9.88. The molecular weight excluding hydrogens is 300 g/mol. The SMILES string of the molecule is CC1C(O)NCCN1C(=O)CC(c1ccccc1)c1ccccc1. The van der Waals surface area contributed by atoms with Crippen molar-refractivity contribution in [3.8, 4) is 0 Å². The van der Waals surface area contributed by atoms with Crippen molar-refractivity contribution in [1.29, 1.82) is 0 Å². The number of benzene rings is 2. The third-order valence-electron chi connectivity index (χ3n) is 4.76. The van der Waals surface area contributed by atoms with Crippen molar-refractivity contribution in [3.63, 3.8) is 0 Å². The lowest BCUT2D eigenvalue weighted by Gasteiger charge is -2.38. The summed E-state index contributed by atoms with van der Waals surface area (Å²) in [6.07, 6.45) is -0.250. The van der Waals surface area contributed by atoms with Crippen molar-refractivity contribution < 1.29 is 9.90 Å². The molecule has 0 saturated carbocycles. The highest BCUT2D eigenvalue weighted by Gasteiger charge is 2.31. The lowest BCUT2D eigenvalue weighted by molar-refractivity contribution is -0.138. The van der Waals surface area contributed by atoms with Crippen molar-refractivity contribution >= 4 is 5.91 Å². The van der Waals surface area contributed by atoms with E-state index in [1.54, 1.807) is 4.90 Å². The first-order valence-electron chi connectivity index (χ1n) is 8.47. The van der Waals surface area contributed by atoms with Crippen LogP contribution in [0, 0.1) is 0 Å². The van der Waals surface area contributed by atoms with Crippen LogP contribution in [0.1, 0.15) is 30.4 Å².